The molecule has 1 aromatic heterocycles. The molecule has 0 spiro atoms. The summed E-state index contributed by atoms with van der Waals surface area (Å²) < 4.78 is 5.52. The Kier molecular flexibility index (Phi) is 5.51. The quantitative estimate of drug-likeness (QED) is 0.710. The minimum atomic E-state index is -0.149. The van der Waals surface area contributed by atoms with Gasteiger partial charge in [0, 0.05) is 34.8 Å². The highest BCUT2D eigenvalue weighted by Gasteiger charge is 2.56. The van der Waals surface area contributed by atoms with Gasteiger partial charge in [0.25, 0.3) is 5.91 Å². The van der Waals surface area contributed by atoms with Crippen LogP contribution in [-0.4, -0.2) is 64.6 Å². The number of aromatic hydroxyl groups is 1. The van der Waals surface area contributed by atoms with E-state index in [1.807, 2.05) is 11.0 Å². The molecule has 1 fully saturated rings. The van der Waals surface area contributed by atoms with E-state index in [-0.39, 0.29) is 23.4 Å². The smallest absolute Gasteiger partial charge is 0.271 e. The number of hydrogen-bond acceptors (Lipinski definition) is 4. The number of methoxy groups -OCH3 is 1. The second kappa shape index (κ2) is 8.04. The lowest BCUT2D eigenvalue weighted by atomic mass is 9.52. The van der Waals surface area contributed by atoms with Crippen LogP contribution in [0.1, 0.15) is 72.6 Å². The van der Waals surface area contributed by atoms with Gasteiger partial charge in [0.05, 0.1) is 7.11 Å². The van der Waals surface area contributed by atoms with Crippen LogP contribution in [0.5, 0.6) is 11.5 Å². The zero-order valence-electron chi connectivity index (χ0n) is 21.7. The molecular formula is C28H39N3O3. The third-order valence-corrected chi connectivity index (χ3v) is 8.97. The maximum absolute atomic E-state index is 13.6. The Morgan fingerprint density at radius 3 is 2.59 bits per heavy atom. The summed E-state index contributed by atoms with van der Waals surface area (Å²) in [5.41, 5.74) is 6.48. The number of phenols is 1. The summed E-state index contributed by atoms with van der Waals surface area (Å²) in [6.07, 6.45) is 3.68. The van der Waals surface area contributed by atoms with Crippen molar-refractivity contribution in [2.24, 2.45) is 5.92 Å². The van der Waals surface area contributed by atoms with Crippen LogP contribution in [0.3, 0.4) is 0 Å². The molecule has 34 heavy (non-hydrogen) atoms. The summed E-state index contributed by atoms with van der Waals surface area (Å²) in [6, 6.07) is 4.75. The molecule has 2 bridgehead atoms. The minimum Gasteiger partial charge on any atom is -0.504 e. The molecular weight excluding hydrogens is 426 g/mol. The number of amides is 1. The zero-order chi connectivity index (χ0) is 24.5. The molecule has 1 aromatic carbocycles. The molecule has 1 amide bonds. The number of phenolic OH excluding ortho intramolecular Hbond substituents is 1. The number of hydrogen-bond donors (Lipinski definition) is 2. The van der Waals surface area contributed by atoms with Crippen molar-refractivity contribution in [1.82, 2.24) is 14.8 Å². The summed E-state index contributed by atoms with van der Waals surface area (Å²) >= 11 is 0. The number of carbonyl (C=O) groups is 1. The largest absolute Gasteiger partial charge is 0.504 e. The summed E-state index contributed by atoms with van der Waals surface area (Å²) in [5, 5.41) is 11.3. The van der Waals surface area contributed by atoms with E-state index in [9.17, 15) is 9.90 Å². The Labute approximate surface area is 203 Å². The Balaban J connectivity index is 1.64. The highest BCUT2D eigenvalue weighted by Crippen LogP contribution is 2.58. The number of aromatic amines is 1. The fourth-order valence-corrected chi connectivity index (χ4v) is 7.45. The van der Waals surface area contributed by atoms with Crippen molar-refractivity contribution in [2.75, 3.05) is 20.7 Å². The lowest BCUT2D eigenvalue weighted by Gasteiger charge is -2.58. The van der Waals surface area contributed by atoms with Gasteiger partial charge in [0.2, 0.25) is 0 Å². The zero-order valence-corrected chi connectivity index (χ0v) is 21.7. The van der Waals surface area contributed by atoms with E-state index < -0.39 is 0 Å². The van der Waals surface area contributed by atoms with E-state index in [1.54, 1.807) is 7.11 Å². The molecule has 1 aliphatic heterocycles. The van der Waals surface area contributed by atoms with E-state index in [2.05, 4.69) is 57.6 Å². The molecule has 0 saturated carbocycles. The van der Waals surface area contributed by atoms with Gasteiger partial charge >= 0.3 is 0 Å². The Hall–Kier alpha value is -2.47. The number of benzene rings is 1. The number of likely N-dealkylation sites (N-methyl/N-ethyl adjacent to an activating group) is 1. The van der Waals surface area contributed by atoms with E-state index in [0.717, 1.165) is 49.0 Å². The van der Waals surface area contributed by atoms with Crippen molar-refractivity contribution in [2.45, 2.75) is 83.8 Å². The molecule has 184 valence electrons. The number of rotatable bonds is 4. The van der Waals surface area contributed by atoms with E-state index in [0.29, 0.717) is 23.5 Å². The summed E-state index contributed by atoms with van der Waals surface area (Å²) in [7, 11) is 3.86. The summed E-state index contributed by atoms with van der Waals surface area (Å²) in [4.78, 5) is 21.7. The van der Waals surface area contributed by atoms with Crippen molar-refractivity contribution in [1.29, 1.82) is 0 Å². The van der Waals surface area contributed by atoms with Crippen LogP contribution in [0, 0.1) is 12.8 Å². The number of likely N-dealkylation sites (tertiary alicyclic amines) is 1. The summed E-state index contributed by atoms with van der Waals surface area (Å²) in [6.45, 7) is 11.4. The number of piperidine rings is 1. The number of carbonyl (C=O) groups excluding carboxylic acids is 1. The van der Waals surface area contributed by atoms with Gasteiger partial charge in [0.15, 0.2) is 11.5 Å². The first-order valence-corrected chi connectivity index (χ1v) is 12.7. The van der Waals surface area contributed by atoms with E-state index >= 15 is 0 Å². The maximum atomic E-state index is 13.6. The fourth-order valence-electron chi connectivity index (χ4n) is 7.45. The van der Waals surface area contributed by atoms with Gasteiger partial charge in [-0.25, -0.2) is 0 Å². The summed E-state index contributed by atoms with van der Waals surface area (Å²) in [5.74, 6) is 1.34. The normalized spacial score (nSPS) is 25.7. The highest BCUT2D eigenvalue weighted by atomic mass is 16.5. The van der Waals surface area contributed by atoms with Crippen LogP contribution in [0.25, 0.3) is 0 Å². The lowest BCUT2D eigenvalue weighted by Crippen LogP contribution is -2.61. The fraction of sp³-hybridized carbons (Fsp3) is 0.607. The van der Waals surface area contributed by atoms with Gasteiger partial charge in [0.1, 0.15) is 5.69 Å². The molecule has 3 aliphatic rings. The standard InChI is InChI=1S/C28H39N3O3/c1-15(2)31(16(3)4)27(33)25-17(5)19-13-20-22-12-18-8-9-23(34-7)26(32)24(18)28(20,10-11-30(22)6)14-21(19)29-25/h8-9,15-16,20,22,29,32H,10-14H2,1-7H3/t20-,22+,28-/m0/s1. The first kappa shape index (κ1) is 23.3. The molecule has 1 saturated heterocycles. The number of H-pyrrole nitrogens is 1. The first-order chi connectivity index (χ1) is 16.1. The Morgan fingerprint density at radius 1 is 1.24 bits per heavy atom. The highest BCUT2D eigenvalue weighted by molar-refractivity contribution is 5.95. The van der Waals surface area contributed by atoms with Gasteiger partial charge in [-0.1, -0.05) is 6.07 Å². The van der Waals surface area contributed by atoms with Gasteiger partial charge in [-0.2, -0.15) is 0 Å². The van der Waals surface area contributed by atoms with Gasteiger partial charge in [-0.05, 0) is 103 Å². The van der Waals surface area contributed by atoms with Crippen LogP contribution in [-0.2, 0) is 24.7 Å². The number of ether oxygens (including phenoxy) is 1. The SMILES string of the molecule is COc1ccc2c(c1O)[C@]13CCN(C)[C@H](C2)[C@@H]1Cc1c([nH]c(C(=O)N(C(C)C)C(C)C)c1C)C3. The average Bonchev–Trinajstić information content (AvgIpc) is 3.09. The van der Waals surface area contributed by atoms with Gasteiger partial charge in [-0.3, -0.25) is 4.79 Å². The Bertz CT molecular complexity index is 1130. The van der Waals surface area contributed by atoms with Crippen molar-refractivity contribution in [3.63, 3.8) is 0 Å². The third kappa shape index (κ3) is 3.14. The topological polar surface area (TPSA) is 68.8 Å². The number of fused-ring (bicyclic) bond motifs is 2. The van der Waals surface area contributed by atoms with Crippen LogP contribution in [0.15, 0.2) is 12.1 Å². The molecule has 2 N–H and O–H groups in total. The molecule has 0 unspecified atom stereocenters. The van der Waals surface area contributed by atoms with Crippen LogP contribution in [0.2, 0.25) is 0 Å². The van der Waals surface area contributed by atoms with E-state index in [4.69, 9.17) is 4.74 Å². The molecule has 0 radical (unpaired) electrons. The average molecular weight is 466 g/mol. The van der Waals surface area contributed by atoms with Crippen LogP contribution < -0.4 is 4.74 Å². The first-order valence-electron chi connectivity index (χ1n) is 12.7. The monoisotopic (exact) mass is 465 g/mol. The molecule has 3 atom stereocenters. The van der Waals surface area contributed by atoms with Crippen molar-refractivity contribution >= 4 is 5.91 Å². The Morgan fingerprint density at radius 2 is 1.94 bits per heavy atom. The molecule has 2 heterocycles. The van der Waals surface area contributed by atoms with Crippen molar-refractivity contribution < 1.29 is 14.6 Å². The van der Waals surface area contributed by atoms with E-state index in [1.165, 1.54) is 16.8 Å². The molecule has 6 nitrogen and oxygen atoms in total. The van der Waals surface area contributed by atoms with Gasteiger partial charge in [-0.15, -0.1) is 0 Å². The second-order valence-electron chi connectivity index (χ2n) is 11.3. The van der Waals surface area contributed by atoms with Gasteiger partial charge < -0.3 is 24.6 Å². The van der Waals surface area contributed by atoms with Crippen LogP contribution in [0.4, 0.5) is 0 Å². The maximum Gasteiger partial charge on any atom is 0.271 e. The predicted octanol–water partition coefficient (Wildman–Crippen LogP) is 4.21. The molecule has 5 rings (SSSR count). The number of nitrogens with one attached hydrogen (secondary N) is 1. The lowest BCUT2D eigenvalue weighted by molar-refractivity contribution is 0.0221. The number of aromatic nitrogens is 1. The predicted molar refractivity (Wildman–Crippen MR) is 134 cm³/mol. The molecule has 2 aromatic rings. The van der Waals surface area contributed by atoms with Crippen LogP contribution >= 0.6 is 0 Å². The van der Waals surface area contributed by atoms with Crippen molar-refractivity contribution in [3.8, 4) is 11.5 Å². The molecule has 6 heteroatoms. The second-order valence-corrected chi connectivity index (χ2v) is 11.3. The molecule has 2 aliphatic carbocycles. The minimum absolute atomic E-state index is 0.0855. The third-order valence-electron chi connectivity index (χ3n) is 8.97. The number of nitrogens with zero attached hydrogens (tertiary/aromatic N) is 2. The van der Waals surface area contributed by atoms with Crippen molar-refractivity contribution in [3.05, 3.63) is 45.8 Å².